The second kappa shape index (κ2) is 6.04. The number of hydrogen-bond donors (Lipinski definition) is 3. The van der Waals surface area contributed by atoms with Gasteiger partial charge in [-0.1, -0.05) is 42.5 Å². The minimum Gasteiger partial charge on any atom is -0.334 e. The Morgan fingerprint density at radius 3 is 2.83 bits per heavy atom. The highest BCUT2D eigenvalue weighted by atomic mass is 16.2. The summed E-state index contributed by atoms with van der Waals surface area (Å²) < 4.78 is 0. The summed E-state index contributed by atoms with van der Waals surface area (Å²) in [7, 11) is 0. The van der Waals surface area contributed by atoms with E-state index < -0.39 is 0 Å². The maximum absolute atomic E-state index is 12.2. The molecule has 0 saturated carbocycles. The zero-order valence-corrected chi connectivity index (χ0v) is 12.9. The van der Waals surface area contributed by atoms with Gasteiger partial charge in [-0.05, 0) is 34.5 Å². The van der Waals surface area contributed by atoms with Crippen LogP contribution in [-0.2, 0) is 6.54 Å². The van der Waals surface area contributed by atoms with Gasteiger partial charge in [0.2, 0.25) is 0 Å². The van der Waals surface area contributed by atoms with Gasteiger partial charge in [0.05, 0.1) is 11.7 Å². The maximum atomic E-state index is 12.2. The molecule has 0 aliphatic carbocycles. The molecule has 4 aromatic rings. The first-order valence-corrected chi connectivity index (χ1v) is 7.74. The average molecular weight is 316 g/mol. The van der Waals surface area contributed by atoms with Crippen LogP contribution >= 0.6 is 0 Å². The Morgan fingerprint density at radius 2 is 1.88 bits per heavy atom. The molecule has 0 radical (unpaired) electrons. The summed E-state index contributed by atoms with van der Waals surface area (Å²) >= 11 is 0. The number of carbonyl (C=O) groups is 1. The largest absolute Gasteiger partial charge is 0.334 e. The predicted octanol–water partition coefficient (Wildman–Crippen LogP) is 4.04. The van der Waals surface area contributed by atoms with E-state index in [1.807, 2.05) is 42.5 Å². The Morgan fingerprint density at radius 1 is 1.00 bits per heavy atom. The lowest BCUT2D eigenvalue weighted by Crippen LogP contribution is -2.28. The molecule has 0 fully saturated rings. The summed E-state index contributed by atoms with van der Waals surface area (Å²) in [5.74, 6) is 0. The van der Waals surface area contributed by atoms with Crippen LogP contribution in [0.2, 0.25) is 0 Å². The van der Waals surface area contributed by atoms with Crippen LogP contribution in [0.5, 0.6) is 0 Å². The van der Waals surface area contributed by atoms with Crippen LogP contribution in [0.1, 0.15) is 5.56 Å². The topological polar surface area (TPSA) is 69.8 Å². The first-order chi connectivity index (χ1) is 11.8. The van der Waals surface area contributed by atoms with Crippen molar-refractivity contribution in [3.8, 4) is 0 Å². The van der Waals surface area contributed by atoms with E-state index in [0.717, 1.165) is 27.5 Å². The normalized spacial score (nSPS) is 10.8. The molecule has 118 valence electrons. The van der Waals surface area contributed by atoms with Gasteiger partial charge in [-0.3, -0.25) is 5.10 Å². The zero-order chi connectivity index (χ0) is 16.4. The average Bonchev–Trinajstić information content (AvgIpc) is 3.07. The molecule has 0 spiro atoms. The third-order valence-electron chi connectivity index (χ3n) is 4.02. The van der Waals surface area contributed by atoms with Crippen molar-refractivity contribution in [1.29, 1.82) is 0 Å². The molecule has 0 saturated heterocycles. The molecule has 5 heteroatoms. The summed E-state index contributed by atoms with van der Waals surface area (Å²) in [6.07, 6.45) is 1.73. The fourth-order valence-electron chi connectivity index (χ4n) is 2.82. The smallest absolute Gasteiger partial charge is 0.319 e. The molecule has 0 aliphatic rings. The van der Waals surface area contributed by atoms with Crippen LogP contribution in [0.3, 0.4) is 0 Å². The molecule has 5 nitrogen and oxygen atoms in total. The van der Waals surface area contributed by atoms with Crippen LogP contribution in [0.15, 0.2) is 66.9 Å². The van der Waals surface area contributed by atoms with Crippen LogP contribution in [0, 0.1) is 0 Å². The molecule has 4 rings (SSSR count). The first-order valence-electron chi connectivity index (χ1n) is 7.74. The van der Waals surface area contributed by atoms with E-state index in [1.165, 1.54) is 5.39 Å². The molecule has 3 N–H and O–H groups in total. The SMILES string of the molecule is O=C(NCc1cccc2ccccc12)Nc1ccc2[nH]ncc2c1. The summed E-state index contributed by atoms with van der Waals surface area (Å²) in [6.45, 7) is 0.473. The van der Waals surface area contributed by atoms with Crippen LogP contribution < -0.4 is 10.6 Å². The molecular formula is C19H16N4O. The third-order valence-corrected chi connectivity index (χ3v) is 4.02. The summed E-state index contributed by atoms with van der Waals surface area (Å²) in [5, 5.41) is 15.9. The van der Waals surface area contributed by atoms with E-state index >= 15 is 0 Å². The van der Waals surface area contributed by atoms with Crippen molar-refractivity contribution in [3.05, 3.63) is 72.4 Å². The van der Waals surface area contributed by atoms with Gasteiger partial charge in [-0.15, -0.1) is 0 Å². The van der Waals surface area contributed by atoms with E-state index in [1.54, 1.807) is 6.20 Å². The molecule has 1 aromatic heterocycles. The van der Waals surface area contributed by atoms with Crippen molar-refractivity contribution in [2.45, 2.75) is 6.54 Å². The molecule has 0 atom stereocenters. The standard InChI is InChI=1S/C19H16N4O/c24-19(22-16-8-9-18-15(10-16)12-21-23-18)20-11-14-6-3-5-13-4-1-2-7-17(13)14/h1-10,12H,11H2,(H,21,23)(H2,20,22,24). The molecule has 0 bridgehead atoms. The van der Waals surface area contributed by atoms with E-state index in [2.05, 4.69) is 39.0 Å². The lowest BCUT2D eigenvalue weighted by molar-refractivity contribution is 0.252. The number of aromatic amines is 1. The quantitative estimate of drug-likeness (QED) is 0.534. The Bertz CT molecular complexity index is 1020. The Balaban J connectivity index is 1.46. The molecule has 1 heterocycles. The lowest BCUT2D eigenvalue weighted by atomic mass is 10.0. The number of nitrogens with one attached hydrogen (secondary N) is 3. The third kappa shape index (κ3) is 2.79. The molecule has 3 aromatic carbocycles. The Hall–Kier alpha value is -3.34. The molecule has 0 unspecified atom stereocenters. The Labute approximate surface area is 138 Å². The van der Waals surface area contributed by atoms with Crippen molar-refractivity contribution in [2.24, 2.45) is 0 Å². The molecular weight excluding hydrogens is 300 g/mol. The van der Waals surface area contributed by atoms with E-state index in [0.29, 0.717) is 6.54 Å². The van der Waals surface area contributed by atoms with Crippen LogP contribution in [0.25, 0.3) is 21.7 Å². The zero-order valence-electron chi connectivity index (χ0n) is 12.9. The summed E-state index contributed by atoms with van der Waals surface area (Å²) in [5.41, 5.74) is 2.77. The number of urea groups is 1. The second-order valence-corrected chi connectivity index (χ2v) is 5.62. The minimum atomic E-state index is -0.231. The van der Waals surface area contributed by atoms with Crippen molar-refractivity contribution in [1.82, 2.24) is 15.5 Å². The van der Waals surface area contributed by atoms with E-state index in [-0.39, 0.29) is 6.03 Å². The van der Waals surface area contributed by atoms with Gasteiger partial charge in [0.1, 0.15) is 0 Å². The van der Waals surface area contributed by atoms with Crippen LogP contribution in [-0.4, -0.2) is 16.2 Å². The van der Waals surface area contributed by atoms with Gasteiger partial charge in [0, 0.05) is 17.6 Å². The fraction of sp³-hybridized carbons (Fsp3) is 0.0526. The Kier molecular flexibility index (Phi) is 3.59. The number of amides is 2. The molecule has 0 aliphatic heterocycles. The number of hydrogen-bond acceptors (Lipinski definition) is 2. The summed E-state index contributed by atoms with van der Waals surface area (Å²) in [4.78, 5) is 12.2. The number of carbonyl (C=O) groups excluding carboxylic acids is 1. The van der Waals surface area contributed by atoms with Gasteiger partial charge >= 0.3 is 6.03 Å². The van der Waals surface area contributed by atoms with Gasteiger partial charge in [-0.2, -0.15) is 5.10 Å². The lowest BCUT2D eigenvalue weighted by Gasteiger charge is -2.10. The number of rotatable bonds is 3. The van der Waals surface area contributed by atoms with Gasteiger partial charge in [-0.25, -0.2) is 4.79 Å². The maximum Gasteiger partial charge on any atom is 0.319 e. The fourth-order valence-corrected chi connectivity index (χ4v) is 2.82. The second-order valence-electron chi connectivity index (χ2n) is 5.62. The highest BCUT2D eigenvalue weighted by molar-refractivity contribution is 5.93. The number of H-pyrrole nitrogens is 1. The first kappa shape index (κ1) is 14.3. The van der Waals surface area contributed by atoms with Crippen molar-refractivity contribution >= 4 is 33.4 Å². The molecule has 24 heavy (non-hydrogen) atoms. The van der Waals surface area contributed by atoms with E-state index in [9.17, 15) is 4.79 Å². The number of anilines is 1. The van der Waals surface area contributed by atoms with Crippen molar-refractivity contribution in [3.63, 3.8) is 0 Å². The molecule has 2 amide bonds. The number of nitrogens with zero attached hydrogens (tertiary/aromatic N) is 1. The highest BCUT2D eigenvalue weighted by Crippen LogP contribution is 2.19. The summed E-state index contributed by atoms with van der Waals surface area (Å²) in [6, 6.07) is 19.6. The van der Waals surface area contributed by atoms with E-state index in [4.69, 9.17) is 0 Å². The number of benzene rings is 3. The van der Waals surface area contributed by atoms with Crippen molar-refractivity contribution < 1.29 is 4.79 Å². The highest BCUT2D eigenvalue weighted by Gasteiger charge is 2.05. The minimum absolute atomic E-state index is 0.231. The predicted molar refractivity (Wildman–Crippen MR) is 95.9 cm³/mol. The van der Waals surface area contributed by atoms with Crippen molar-refractivity contribution in [2.75, 3.05) is 5.32 Å². The van der Waals surface area contributed by atoms with Gasteiger partial charge < -0.3 is 10.6 Å². The van der Waals surface area contributed by atoms with Gasteiger partial charge in [0.15, 0.2) is 0 Å². The number of aromatic nitrogens is 2. The number of fused-ring (bicyclic) bond motifs is 2. The van der Waals surface area contributed by atoms with Gasteiger partial charge in [0.25, 0.3) is 0 Å². The monoisotopic (exact) mass is 316 g/mol. The van der Waals surface area contributed by atoms with Crippen LogP contribution in [0.4, 0.5) is 10.5 Å².